The lowest BCUT2D eigenvalue weighted by molar-refractivity contribution is 0.196. The van der Waals surface area contributed by atoms with Crippen LogP contribution in [0.25, 0.3) is 0 Å². The molecule has 2 rings (SSSR count). The lowest BCUT2D eigenvalue weighted by Crippen LogP contribution is -2.11. The Morgan fingerprint density at radius 2 is 1.89 bits per heavy atom. The maximum absolute atomic E-state index is 10.4. The van der Waals surface area contributed by atoms with Crippen molar-refractivity contribution in [3.8, 4) is 0 Å². The molecular weight excluding hydrogens is 298 g/mol. The van der Waals surface area contributed by atoms with Crippen LogP contribution in [0.5, 0.6) is 0 Å². The lowest BCUT2D eigenvalue weighted by Gasteiger charge is -2.20. The molecule has 0 fully saturated rings. The minimum atomic E-state index is -0.556. The molecule has 0 aliphatic carbocycles. The fourth-order valence-corrected chi connectivity index (χ4v) is 3.62. The van der Waals surface area contributed by atoms with E-state index in [0.29, 0.717) is 5.02 Å². The molecule has 1 heterocycles. The average molecular weight is 312 g/mol. The van der Waals surface area contributed by atoms with Crippen LogP contribution >= 0.6 is 35.1 Å². The van der Waals surface area contributed by atoms with Crippen molar-refractivity contribution in [3.63, 3.8) is 0 Å². The van der Waals surface area contributed by atoms with Gasteiger partial charge in [-0.3, -0.25) is 0 Å². The molecule has 100 valence electrons. The summed E-state index contributed by atoms with van der Waals surface area (Å²) in [7, 11) is 0. The summed E-state index contributed by atoms with van der Waals surface area (Å²) in [5, 5.41) is 12.0. The molecule has 19 heavy (non-hydrogen) atoms. The van der Waals surface area contributed by atoms with Crippen molar-refractivity contribution in [2.45, 2.75) is 15.7 Å². The second kappa shape index (κ2) is 7.20. The van der Waals surface area contributed by atoms with E-state index in [1.807, 2.05) is 36.6 Å². The Hall–Kier alpha value is -0.680. The summed E-state index contributed by atoms with van der Waals surface area (Å²) in [5.74, 6) is 0. The Morgan fingerprint density at radius 3 is 2.47 bits per heavy atom. The van der Waals surface area contributed by atoms with Gasteiger partial charge in [0.1, 0.15) is 6.10 Å². The summed E-state index contributed by atoms with van der Waals surface area (Å²) in [4.78, 5) is 4.27. The Labute approximate surface area is 126 Å². The fourth-order valence-electron chi connectivity index (χ4n) is 1.59. The highest BCUT2D eigenvalue weighted by atomic mass is 35.5. The van der Waals surface area contributed by atoms with E-state index >= 15 is 0 Å². The van der Waals surface area contributed by atoms with Crippen LogP contribution in [0.1, 0.15) is 11.7 Å². The second-order valence-electron chi connectivity index (χ2n) is 3.89. The van der Waals surface area contributed by atoms with Crippen molar-refractivity contribution < 1.29 is 5.11 Å². The van der Waals surface area contributed by atoms with Crippen LogP contribution in [-0.4, -0.2) is 20.9 Å². The highest BCUT2D eigenvalue weighted by Crippen LogP contribution is 2.37. The monoisotopic (exact) mass is 311 g/mol. The number of benzene rings is 1. The molecule has 1 N–H and O–H groups in total. The molecule has 0 bridgehead atoms. The lowest BCUT2D eigenvalue weighted by atomic mass is 10.1. The Kier molecular flexibility index (Phi) is 5.58. The first-order chi connectivity index (χ1) is 9.20. The van der Waals surface area contributed by atoms with E-state index in [4.69, 9.17) is 11.6 Å². The quantitative estimate of drug-likeness (QED) is 0.661. The van der Waals surface area contributed by atoms with Gasteiger partial charge >= 0.3 is 0 Å². The van der Waals surface area contributed by atoms with E-state index in [9.17, 15) is 5.11 Å². The fraction of sp³-hybridized carbons (Fsp3) is 0.214. The maximum atomic E-state index is 10.4. The van der Waals surface area contributed by atoms with Crippen LogP contribution in [0.4, 0.5) is 0 Å². The highest BCUT2D eigenvalue weighted by Gasteiger charge is 2.21. The summed E-state index contributed by atoms with van der Waals surface area (Å²) in [5.41, 5.74) is 0.868. The SMILES string of the molecule is CS[C@@H](Sc1ccccn1)[C@@H](O)c1ccc(Cl)cc1. The normalized spacial score (nSPS) is 14.1. The molecule has 0 aliphatic heterocycles. The number of aromatic nitrogens is 1. The van der Waals surface area contributed by atoms with Gasteiger partial charge in [0.15, 0.2) is 0 Å². The number of hydrogen-bond donors (Lipinski definition) is 1. The zero-order valence-electron chi connectivity index (χ0n) is 10.4. The molecular formula is C14H14ClNOS2. The van der Waals surface area contributed by atoms with E-state index < -0.39 is 6.10 Å². The summed E-state index contributed by atoms with van der Waals surface area (Å²) in [6.07, 6.45) is 3.19. The van der Waals surface area contributed by atoms with Gasteiger partial charge in [0.2, 0.25) is 0 Å². The molecule has 2 nitrogen and oxygen atoms in total. The first-order valence-electron chi connectivity index (χ1n) is 5.74. The van der Waals surface area contributed by atoms with Crippen molar-refractivity contribution in [2.24, 2.45) is 0 Å². The smallest absolute Gasteiger partial charge is 0.100 e. The molecule has 2 atom stereocenters. The Balaban J connectivity index is 2.11. The zero-order valence-corrected chi connectivity index (χ0v) is 12.8. The van der Waals surface area contributed by atoms with Crippen molar-refractivity contribution >= 4 is 35.1 Å². The summed E-state index contributed by atoms with van der Waals surface area (Å²) >= 11 is 9.03. The van der Waals surface area contributed by atoms with E-state index in [-0.39, 0.29) is 4.58 Å². The molecule has 0 spiro atoms. The topological polar surface area (TPSA) is 33.1 Å². The number of halogens is 1. The number of pyridine rings is 1. The molecule has 5 heteroatoms. The van der Waals surface area contributed by atoms with Gasteiger partial charge in [-0.05, 0) is 36.1 Å². The standard InChI is InChI=1S/C14H14ClNOS2/c1-18-14(19-12-4-2-3-9-16-12)13(17)10-5-7-11(15)8-6-10/h2-9,13-14,17H,1H3/t13-,14-/m0/s1. The summed E-state index contributed by atoms with van der Waals surface area (Å²) in [6.45, 7) is 0. The summed E-state index contributed by atoms with van der Waals surface area (Å²) < 4.78 is -0.00363. The van der Waals surface area contributed by atoms with Crippen LogP contribution in [0, 0.1) is 0 Å². The van der Waals surface area contributed by atoms with E-state index in [2.05, 4.69) is 4.98 Å². The third-order valence-corrected chi connectivity index (χ3v) is 5.39. The van der Waals surface area contributed by atoms with Gasteiger partial charge in [0.25, 0.3) is 0 Å². The number of nitrogens with zero attached hydrogens (tertiary/aromatic N) is 1. The predicted octanol–water partition coefficient (Wildman–Crippen LogP) is 4.25. The van der Waals surface area contributed by atoms with Gasteiger partial charge in [0.05, 0.1) is 9.61 Å². The Morgan fingerprint density at radius 1 is 1.16 bits per heavy atom. The van der Waals surface area contributed by atoms with Crippen molar-refractivity contribution in [2.75, 3.05) is 6.26 Å². The summed E-state index contributed by atoms with van der Waals surface area (Å²) in [6, 6.07) is 13.1. The third kappa shape index (κ3) is 4.14. The van der Waals surface area contributed by atoms with Gasteiger partial charge in [-0.2, -0.15) is 0 Å². The molecule has 0 saturated heterocycles. The van der Waals surface area contributed by atoms with Gasteiger partial charge in [-0.1, -0.05) is 41.6 Å². The molecule has 0 amide bonds. The van der Waals surface area contributed by atoms with Crippen LogP contribution in [0.3, 0.4) is 0 Å². The minimum Gasteiger partial charge on any atom is -0.386 e. The third-order valence-electron chi connectivity index (χ3n) is 2.58. The van der Waals surface area contributed by atoms with Crippen LogP contribution < -0.4 is 0 Å². The van der Waals surface area contributed by atoms with E-state index in [0.717, 1.165) is 10.6 Å². The van der Waals surface area contributed by atoms with Crippen molar-refractivity contribution in [3.05, 3.63) is 59.2 Å². The van der Waals surface area contributed by atoms with Gasteiger partial charge in [-0.25, -0.2) is 4.98 Å². The number of hydrogen-bond acceptors (Lipinski definition) is 4. The second-order valence-corrected chi connectivity index (χ2v) is 6.76. The first kappa shape index (κ1) is 14.7. The number of aliphatic hydroxyl groups excluding tert-OH is 1. The number of rotatable bonds is 5. The molecule has 0 unspecified atom stereocenters. The van der Waals surface area contributed by atoms with Crippen LogP contribution in [0.15, 0.2) is 53.7 Å². The van der Waals surface area contributed by atoms with Crippen LogP contribution in [0.2, 0.25) is 5.02 Å². The molecule has 1 aromatic heterocycles. The maximum Gasteiger partial charge on any atom is 0.100 e. The largest absolute Gasteiger partial charge is 0.386 e. The van der Waals surface area contributed by atoms with Gasteiger partial charge < -0.3 is 5.11 Å². The van der Waals surface area contributed by atoms with E-state index in [1.54, 1.807) is 41.9 Å². The number of aliphatic hydroxyl groups is 1. The molecule has 0 radical (unpaired) electrons. The van der Waals surface area contributed by atoms with Gasteiger partial charge in [0, 0.05) is 11.2 Å². The zero-order chi connectivity index (χ0) is 13.7. The molecule has 2 aromatic rings. The molecule has 0 aliphatic rings. The van der Waals surface area contributed by atoms with Crippen LogP contribution in [-0.2, 0) is 0 Å². The predicted molar refractivity (Wildman–Crippen MR) is 83.8 cm³/mol. The highest BCUT2D eigenvalue weighted by molar-refractivity contribution is 8.16. The van der Waals surface area contributed by atoms with E-state index in [1.165, 1.54) is 0 Å². The van der Waals surface area contributed by atoms with Gasteiger partial charge in [-0.15, -0.1) is 11.8 Å². The Bertz CT molecular complexity index is 507. The molecule has 0 saturated carbocycles. The first-order valence-corrected chi connectivity index (χ1v) is 8.29. The molecule has 1 aromatic carbocycles. The minimum absolute atomic E-state index is 0.00363. The van der Waals surface area contributed by atoms with Crippen molar-refractivity contribution in [1.29, 1.82) is 0 Å². The van der Waals surface area contributed by atoms with Crippen molar-refractivity contribution in [1.82, 2.24) is 4.98 Å². The average Bonchev–Trinajstić information content (AvgIpc) is 2.46. The number of thioether (sulfide) groups is 2.